The van der Waals surface area contributed by atoms with Crippen molar-refractivity contribution in [3.05, 3.63) is 34.9 Å². The lowest BCUT2D eigenvalue weighted by molar-refractivity contribution is 0.0978. The molecule has 1 atom stereocenters. The van der Waals surface area contributed by atoms with Crippen LogP contribution in [0.3, 0.4) is 0 Å². The first-order valence-corrected chi connectivity index (χ1v) is 8.58. The Balaban J connectivity index is 1.63. The van der Waals surface area contributed by atoms with Crippen molar-refractivity contribution >= 4 is 34.0 Å². The highest BCUT2D eigenvalue weighted by Crippen LogP contribution is 2.31. The predicted octanol–water partition coefficient (Wildman–Crippen LogP) is 2.67. The molecular weight excluding hydrogens is 310 g/mol. The fourth-order valence-electron chi connectivity index (χ4n) is 3.26. The molecule has 0 N–H and O–H groups in total. The molecule has 0 aliphatic carbocycles. The van der Waals surface area contributed by atoms with Crippen LogP contribution in [0.5, 0.6) is 0 Å². The number of hydrogen-bond donors (Lipinski definition) is 0. The molecule has 1 aliphatic heterocycles. The number of fused-ring (bicyclic) bond motifs is 1. The molecule has 4 heterocycles. The van der Waals surface area contributed by atoms with Crippen LogP contribution in [0.4, 0.5) is 5.82 Å². The molecule has 0 radical (unpaired) electrons. The molecule has 23 heavy (non-hydrogen) atoms. The Morgan fingerprint density at radius 3 is 3.17 bits per heavy atom. The summed E-state index contributed by atoms with van der Waals surface area (Å²) in [4.78, 5) is 24.3. The average Bonchev–Trinajstić information content (AvgIpc) is 3.28. The van der Waals surface area contributed by atoms with Gasteiger partial charge in [-0.15, -0.1) is 11.3 Å². The predicted molar refractivity (Wildman–Crippen MR) is 89.9 cm³/mol. The Labute approximate surface area is 137 Å². The van der Waals surface area contributed by atoms with Gasteiger partial charge in [-0.3, -0.25) is 9.48 Å². The quantitative estimate of drug-likeness (QED) is 0.689. The zero-order valence-electron chi connectivity index (χ0n) is 12.8. The van der Waals surface area contributed by atoms with Crippen molar-refractivity contribution in [1.82, 2.24) is 19.7 Å². The second-order valence-electron chi connectivity index (χ2n) is 5.80. The van der Waals surface area contributed by atoms with E-state index in [9.17, 15) is 4.79 Å². The molecule has 0 spiro atoms. The fourth-order valence-corrected chi connectivity index (χ4v) is 3.93. The number of rotatable bonds is 4. The van der Waals surface area contributed by atoms with Crippen molar-refractivity contribution in [1.29, 1.82) is 0 Å². The summed E-state index contributed by atoms with van der Waals surface area (Å²) < 4.78 is 1.75. The van der Waals surface area contributed by atoms with Crippen molar-refractivity contribution < 1.29 is 4.79 Å². The highest BCUT2D eigenvalue weighted by molar-refractivity contribution is 7.12. The Hall–Kier alpha value is -2.28. The Morgan fingerprint density at radius 2 is 2.35 bits per heavy atom. The van der Waals surface area contributed by atoms with Crippen LogP contribution >= 0.6 is 11.3 Å². The molecule has 1 saturated heterocycles. The molecule has 4 rings (SSSR count). The van der Waals surface area contributed by atoms with Gasteiger partial charge in [0, 0.05) is 26.1 Å². The zero-order valence-corrected chi connectivity index (χ0v) is 13.7. The number of hydrogen-bond acceptors (Lipinski definition) is 6. The molecule has 118 valence electrons. The van der Waals surface area contributed by atoms with Gasteiger partial charge in [0.2, 0.25) is 0 Å². The molecule has 1 fully saturated rings. The van der Waals surface area contributed by atoms with Gasteiger partial charge in [0.1, 0.15) is 12.1 Å². The summed E-state index contributed by atoms with van der Waals surface area (Å²) in [7, 11) is 1.88. The van der Waals surface area contributed by atoms with Gasteiger partial charge in [0.15, 0.2) is 11.4 Å². The molecule has 0 unspecified atom stereocenters. The molecule has 1 aliphatic rings. The molecule has 0 bridgehead atoms. The van der Waals surface area contributed by atoms with E-state index in [1.807, 2.05) is 24.6 Å². The van der Waals surface area contributed by atoms with E-state index in [1.54, 1.807) is 17.2 Å². The van der Waals surface area contributed by atoms with Crippen molar-refractivity contribution in [2.75, 3.05) is 11.4 Å². The minimum atomic E-state index is 0.197. The summed E-state index contributed by atoms with van der Waals surface area (Å²) in [5.41, 5.74) is 0.824. The number of thiophene rings is 1. The number of ketones is 1. The lowest BCUT2D eigenvalue weighted by atomic mass is 10.1. The smallest absolute Gasteiger partial charge is 0.174 e. The minimum absolute atomic E-state index is 0.197. The maximum atomic E-state index is 12.4. The number of aryl methyl sites for hydroxylation is 1. The van der Waals surface area contributed by atoms with Crippen molar-refractivity contribution in [2.24, 2.45) is 7.05 Å². The van der Waals surface area contributed by atoms with Gasteiger partial charge in [-0.05, 0) is 24.3 Å². The second kappa shape index (κ2) is 5.73. The molecule has 3 aromatic rings. The maximum absolute atomic E-state index is 12.4. The number of aromatic nitrogens is 4. The van der Waals surface area contributed by atoms with Crippen molar-refractivity contribution in [2.45, 2.75) is 25.3 Å². The topological polar surface area (TPSA) is 63.9 Å². The molecule has 7 heteroatoms. The summed E-state index contributed by atoms with van der Waals surface area (Å²) in [5, 5.41) is 7.17. The summed E-state index contributed by atoms with van der Waals surface area (Å²) in [6.07, 6.45) is 6.01. The van der Waals surface area contributed by atoms with E-state index >= 15 is 0 Å². The van der Waals surface area contributed by atoms with E-state index in [0.29, 0.717) is 6.42 Å². The monoisotopic (exact) mass is 327 g/mol. The molecule has 0 saturated carbocycles. The SMILES string of the molecule is Cn1ncc2c(N3CCC[C@@H]3CC(=O)c3cccs3)ncnc21. The highest BCUT2D eigenvalue weighted by atomic mass is 32.1. The van der Waals surface area contributed by atoms with Gasteiger partial charge < -0.3 is 4.90 Å². The van der Waals surface area contributed by atoms with E-state index in [1.165, 1.54) is 11.3 Å². The number of carbonyl (C=O) groups excluding carboxylic acids is 1. The molecule has 3 aromatic heterocycles. The number of Topliss-reactive ketones (excluding diaryl/α,β-unsaturated/α-hetero) is 1. The van der Waals surface area contributed by atoms with Crippen molar-refractivity contribution in [3.8, 4) is 0 Å². The van der Waals surface area contributed by atoms with Crippen LogP contribution in [0.25, 0.3) is 11.0 Å². The fraction of sp³-hybridized carbons (Fsp3) is 0.375. The van der Waals surface area contributed by atoms with E-state index in [-0.39, 0.29) is 11.8 Å². The molecular formula is C16H17N5OS. The molecule has 0 amide bonds. The summed E-state index contributed by atoms with van der Waals surface area (Å²) in [6, 6.07) is 4.02. The first kappa shape index (κ1) is 14.3. The molecule has 6 nitrogen and oxygen atoms in total. The summed E-state index contributed by atoms with van der Waals surface area (Å²) in [6.45, 7) is 0.920. The van der Waals surface area contributed by atoms with E-state index in [4.69, 9.17) is 0 Å². The van der Waals surface area contributed by atoms with Crippen LogP contribution < -0.4 is 4.90 Å². The van der Waals surface area contributed by atoms with Crippen LogP contribution in [0.2, 0.25) is 0 Å². The Kier molecular flexibility index (Phi) is 3.57. The Morgan fingerprint density at radius 1 is 1.43 bits per heavy atom. The van der Waals surface area contributed by atoms with Crippen LogP contribution in [-0.4, -0.2) is 38.1 Å². The normalized spacial score (nSPS) is 18.0. The van der Waals surface area contributed by atoms with Crippen LogP contribution in [0.15, 0.2) is 30.0 Å². The van der Waals surface area contributed by atoms with Gasteiger partial charge in [0.25, 0.3) is 0 Å². The largest absolute Gasteiger partial charge is 0.352 e. The van der Waals surface area contributed by atoms with Gasteiger partial charge >= 0.3 is 0 Å². The van der Waals surface area contributed by atoms with Crippen LogP contribution in [-0.2, 0) is 7.05 Å². The first-order chi connectivity index (χ1) is 11.2. The summed E-state index contributed by atoms with van der Waals surface area (Å²) in [5.74, 6) is 1.11. The third-order valence-corrected chi connectivity index (χ3v) is 5.29. The van der Waals surface area contributed by atoms with Crippen LogP contribution in [0.1, 0.15) is 28.9 Å². The first-order valence-electron chi connectivity index (χ1n) is 7.70. The van der Waals surface area contributed by atoms with E-state index in [0.717, 1.165) is 41.1 Å². The van der Waals surface area contributed by atoms with E-state index < -0.39 is 0 Å². The second-order valence-corrected chi connectivity index (χ2v) is 6.74. The molecule has 0 aromatic carbocycles. The lowest BCUT2D eigenvalue weighted by Crippen LogP contribution is -2.32. The van der Waals surface area contributed by atoms with Crippen LogP contribution in [0, 0.1) is 0 Å². The number of carbonyl (C=O) groups is 1. The minimum Gasteiger partial charge on any atom is -0.352 e. The highest BCUT2D eigenvalue weighted by Gasteiger charge is 2.29. The lowest BCUT2D eigenvalue weighted by Gasteiger charge is -2.25. The van der Waals surface area contributed by atoms with Gasteiger partial charge in [-0.25, -0.2) is 9.97 Å². The van der Waals surface area contributed by atoms with Gasteiger partial charge in [-0.1, -0.05) is 6.07 Å². The third-order valence-electron chi connectivity index (χ3n) is 4.37. The van der Waals surface area contributed by atoms with E-state index in [2.05, 4.69) is 20.0 Å². The zero-order chi connectivity index (χ0) is 15.8. The standard InChI is InChI=1S/C16H17N5OS/c1-20-15-12(9-19-20)16(18-10-17-15)21-6-2-4-11(21)8-13(22)14-5-3-7-23-14/h3,5,7,9-11H,2,4,6,8H2,1H3/t11-/m1/s1. The summed E-state index contributed by atoms with van der Waals surface area (Å²) >= 11 is 1.51. The average molecular weight is 327 g/mol. The maximum Gasteiger partial charge on any atom is 0.174 e. The van der Waals surface area contributed by atoms with Crippen molar-refractivity contribution in [3.63, 3.8) is 0 Å². The van der Waals surface area contributed by atoms with Gasteiger partial charge in [0.05, 0.1) is 16.5 Å². The third kappa shape index (κ3) is 2.50. The Bertz CT molecular complexity index is 841. The number of anilines is 1. The number of nitrogens with zero attached hydrogens (tertiary/aromatic N) is 5. The van der Waals surface area contributed by atoms with Gasteiger partial charge in [-0.2, -0.15) is 5.10 Å².